The predicted molar refractivity (Wildman–Crippen MR) is 39.8 cm³/mol. The fraction of sp³-hybridized carbons (Fsp3) is 0.857. The molecule has 1 aliphatic rings. The second kappa shape index (κ2) is 3.53. The Morgan fingerprint density at radius 2 is 2.00 bits per heavy atom. The van der Waals surface area contributed by atoms with E-state index in [4.69, 9.17) is 5.73 Å². The second-order valence-corrected chi connectivity index (χ2v) is 3.22. The van der Waals surface area contributed by atoms with Crippen molar-refractivity contribution in [2.45, 2.75) is 12.6 Å². The van der Waals surface area contributed by atoms with Gasteiger partial charge in [0.1, 0.15) is 0 Å². The maximum atomic E-state index is 11.7. The van der Waals surface area contributed by atoms with Gasteiger partial charge in [-0.15, -0.1) is 0 Å². The minimum atomic E-state index is -4.11. The van der Waals surface area contributed by atoms with Crippen LogP contribution in [0.3, 0.4) is 0 Å². The van der Waals surface area contributed by atoms with Crippen LogP contribution in [0.25, 0.3) is 0 Å². The van der Waals surface area contributed by atoms with Crippen LogP contribution in [0.4, 0.5) is 13.2 Å². The average Bonchev–Trinajstić information content (AvgIpc) is 1.79. The van der Waals surface area contributed by atoms with E-state index < -0.39 is 18.5 Å². The fourth-order valence-corrected chi connectivity index (χ4v) is 1.22. The molecule has 76 valence electrons. The summed E-state index contributed by atoms with van der Waals surface area (Å²) in [5.74, 6) is -0.684. The van der Waals surface area contributed by atoms with Crippen molar-refractivity contribution in [2.75, 3.05) is 19.6 Å². The molecule has 1 aliphatic heterocycles. The number of halogens is 3. The topological polar surface area (TPSA) is 46.3 Å². The summed E-state index contributed by atoms with van der Waals surface area (Å²) in [6.07, 6.45) is -4.93. The first-order valence-electron chi connectivity index (χ1n) is 3.97. The summed E-state index contributed by atoms with van der Waals surface area (Å²) in [7, 11) is 0. The molecule has 3 nitrogen and oxygen atoms in total. The molecule has 1 amide bonds. The van der Waals surface area contributed by atoms with E-state index in [1.165, 1.54) is 0 Å². The first-order chi connectivity index (χ1) is 5.88. The van der Waals surface area contributed by atoms with Gasteiger partial charge in [0.25, 0.3) is 0 Å². The van der Waals surface area contributed by atoms with Crippen molar-refractivity contribution in [3.8, 4) is 0 Å². The van der Waals surface area contributed by atoms with E-state index in [0.29, 0.717) is 13.1 Å². The highest BCUT2D eigenvalue weighted by atomic mass is 19.4. The molecule has 13 heavy (non-hydrogen) atoms. The Bertz CT molecular complexity index is 198. The molecule has 0 aliphatic carbocycles. The van der Waals surface area contributed by atoms with E-state index in [1.54, 1.807) is 4.90 Å². The maximum Gasteiger partial charge on any atom is 0.390 e. The van der Waals surface area contributed by atoms with Crippen LogP contribution in [-0.2, 0) is 4.79 Å². The number of nitrogens with zero attached hydrogens (tertiary/aromatic N) is 1. The molecule has 0 bridgehead atoms. The van der Waals surface area contributed by atoms with Crippen LogP contribution in [-0.4, -0.2) is 36.6 Å². The number of primary amides is 1. The van der Waals surface area contributed by atoms with Gasteiger partial charge in [-0.1, -0.05) is 0 Å². The van der Waals surface area contributed by atoms with Crippen molar-refractivity contribution in [3.63, 3.8) is 0 Å². The van der Waals surface area contributed by atoms with E-state index in [1.807, 2.05) is 0 Å². The Hall–Kier alpha value is -0.780. The number of carbonyl (C=O) groups excluding carboxylic acids is 1. The molecule has 6 heteroatoms. The molecule has 0 aromatic rings. The lowest BCUT2D eigenvalue weighted by Gasteiger charge is -2.37. The highest BCUT2D eigenvalue weighted by molar-refractivity contribution is 5.78. The molecule has 0 unspecified atom stereocenters. The molecule has 1 rings (SSSR count). The van der Waals surface area contributed by atoms with E-state index in [9.17, 15) is 18.0 Å². The summed E-state index contributed by atoms with van der Waals surface area (Å²) >= 11 is 0. The van der Waals surface area contributed by atoms with Crippen LogP contribution >= 0.6 is 0 Å². The Kier molecular flexibility index (Phi) is 2.80. The SMILES string of the molecule is NC(=O)C1CN(CCC(F)(F)F)C1. The van der Waals surface area contributed by atoms with Crippen molar-refractivity contribution >= 4 is 5.91 Å². The zero-order chi connectivity index (χ0) is 10.1. The average molecular weight is 196 g/mol. The molecule has 0 aromatic carbocycles. The Morgan fingerprint density at radius 3 is 2.38 bits per heavy atom. The van der Waals surface area contributed by atoms with Gasteiger partial charge in [-0.2, -0.15) is 13.2 Å². The molecule has 2 N–H and O–H groups in total. The van der Waals surface area contributed by atoms with Crippen LogP contribution in [0.1, 0.15) is 6.42 Å². The third-order valence-electron chi connectivity index (χ3n) is 2.07. The van der Waals surface area contributed by atoms with Gasteiger partial charge in [0.15, 0.2) is 0 Å². The fourth-order valence-electron chi connectivity index (χ4n) is 1.22. The summed E-state index contributed by atoms with van der Waals surface area (Å²) in [5, 5.41) is 0. The summed E-state index contributed by atoms with van der Waals surface area (Å²) < 4.78 is 35.1. The molecular formula is C7H11F3N2O. The lowest BCUT2D eigenvalue weighted by atomic mass is 9.99. The number of hydrogen-bond acceptors (Lipinski definition) is 2. The molecule has 1 saturated heterocycles. The minimum absolute atomic E-state index is 0.0344. The maximum absolute atomic E-state index is 11.7. The highest BCUT2D eigenvalue weighted by Gasteiger charge is 2.34. The van der Waals surface area contributed by atoms with Gasteiger partial charge in [0.2, 0.25) is 5.91 Å². The van der Waals surface area contributed by atoms with Gasteiger partial charge in [0, 0.05) is 19.6 Å². The largest absolute Gasteiger partial charge is 0.390 e. The molecule has 0 radical (unpaired) electrons. The summed E-state index contributed by atoms with van der Waals surface area (Å²) in [4.78, 5) is 12.1. The summed E-state index contributed by atoms with van der Waals surface area (Å²) in [6.45, 7) is 0.699. The van der Waals surface area contributed by atoms with Crippen LogP contribution in [0.5, 0.6) is 0 Å². The quantitative estimate of drug-likeness (QED) is 0.708. The number of likely N-dealkylation sites (tertiary alicyclic amines) is 1. The first kappa shape index (κ1) is 10.3. The van der Waals surface area contributed by atoms with Gasteiger partial charge >= 0.3 is 6.18 Å². The minimum Gasteiger partial charge on any atom is -0.369 e. The first-order valence-corrected chi connectivity index (χ1v) is 3.97. The van der Waals surface area contributed by atoms with Crippen molar-refractivity contribution in [1.82, 2.24) is 4.90 Å². The number of rotatable bonds is 3. The zero-order valence-corrected chi connectivity index (χ0v) is 6.97. The highest BCUT2D eigenvalue weighted by Crippen LogP contribution is 2.22. The number of carbonyl (C=O) groups is 1. The second-order valence-electron chi connectivity index (χ2n) is 3.22. The Labute approximate surface area is 73.7 Å². The van der Waals surface area contributed by atoms with Crippen molar-refractivity contribution in [2.24, 2.45) is 11.7 Å². The van der Waals surface area contributed by atoms with Crippen molar-refractivity contribution < 1.29 is 18.0 Å². The Morgan fingerprint density at radius 1 is 1.46 bits per heavy atom. The van der Waals surface area contributed by atoms with Crippen molar-refractivity contribution in [1.29, 1.82) is 0 Å². The van der Waals surface area contributed by atoms with Gasteiger partial charge < -0.3 is 10.6 Å². The normalized spacial score (nSPS) is 19.9. The van der Waals surface area contributed by atoms with Gasteiger partial charge in [-0.3, -0.25) is 4.79 Å². The van der Waals surface area contributed by atoms with Crippen LogP contribution in [0, 0.1) is 5.92 Å². The van der Waals surface area contributed by atoms with Crippen LogP contribution in [0.15, 0.2) is 0 Å². The molecule has 0 atom stereocenters. The standard InChI is InChI=1S/C7H11F3N2O/c8-7(9,10)1-2-12-3-5(4-12)6(11)13/h5H,1-4H2,(H2,11,13). The molecule has 1 fully saturated rings. The summed E-state index contributed by atoms with van der Waals surface area (Å²) in [6, 6.07) is 0. The third kappa shape index (κ3) is 3.22. The Balaban J connectivity index is 2.12. The third-order valence-corrected chi connectivity index (χ3v) is 2.07. The van der Waals surface area contributed by atoms with Crippen LogP contribution in [0.2, 0.25) is 0 Å². The predicted octanol–water partition coefficient (Wildman–Crippen LogP) is 0.356. The van der Waals surface area contributed by atoms with E-state index in [-0.39, 0.29) is 12.5 Å². The number of hydrogen-bond donors (Lipinski definition) is 1. The molecule has 0 aromatic heterocycles. The van der Waals surface area contributed by atoms with Gasteiger partial charge in [-0.05, 0) is 0 Å². The number of alkyl halides is 3. The van der Waals surface area contributed by atoms with E-state index >= 15 is 0 Å². The lowest BCUT2D eigenvalue weighted by molar-refractivity contribution is -0.143. The van der Waals surface area contributed by atoms with Gasteiger partial charge in [0.05, 0.1) is 12.3 Å². The van der Waals surface area contributed by atoms with E-state index in [0.717, 1.165) is 0 Å². The summed E-state index contributed by atoms with van der Waals surface area (Å²) in [5.41, 5.74) is 4.95. The number of nitrogens with two attached hydrogens (primary N) is 1. The molecule has 0 saturated carbocycles. The van der Waals surface area contributed by atoms with E-state index in [2.05, 4.69) is 0 Å². The zero-order valence-electron chi connectivity index (χ0n) is 6.97. The van der Waals surface area contributed by atoms with Gasteiger partial charge in [-0.25, -0.2) is 0 Å². The molecule has 1 heterocycles. The number of amides is 1. The van der Waals surface area contributed by atoms with Crippen LogP contribution < -0.4 is 5.73 Å². The smallest absolute Gasteiger partial charge is 0.369 e. The van der Waals surface area contributed by atoms with Crippen molar-refractivity contribution in [3.05, 3.63) is 0 Å². The molecule has 0 spiro atoms. The lowest BCUT2D eigenvalue weighted by Crippen LogP contribution is -2.53. The monoisotopic (exact) mass is 196 g/mol. The molecular weight excluding hydrogens is 185 g/mol.